The molecule has 0 amide bonds. The molecule has 0 aromatic heterocycles. The zero-order valence-corrected chi connectivity index (χ0v) is 22.3. The van der Waals surface area contributed by atoms with Crippen molar-refractivity contribution in [1.82, 2.24) is 4.90 Å². The molecule has 12 nitrogen and oxygen atoms in total. The molecule has 1 aliphatic rings. The minimum atomic E-state index is -3.65. The molecule has 0 fully saturated rings. The van der Waals surface area contributed by atoms with Gasteiger partial charge in [0.05, 0.1) is 41.4 Å². The van der Waals surface area contributed by atoms with E-state index in [1.54, 1.807) is 0 Å². The maximum absolute atomic E-state index is 13.1. The van der Waals surface area contributed by atoms with Crippen molar-refractivity contribution in [3.8, 4) is 11.5 Å². The predicted molar refractivity (Wildman–Crippen MR) is 135 cm³/mol. The minimum absolute atomic E-state index is 0.0923. The van der Waals surface area contributed by atoms with Crippen LogP contribution >= 0.6 is 0 Å². The molecule has 212 valence electrons. The van der Waals surface area contributed by atoms with Gasteiger partial charge in [-0.3, -0.25) is 24.4 Å². The molecule has 0 unspecified atom stereocenters. The molecule has 0 spiro atoms. The van der Waals surface area contributed by atoms with Gasteiger partial charge >= 0.3 is 0 Å². The highest BCUT2D eigenvalue weighted by molar-refractivity contribution is 7.85. The lowest BCUT2D eigenvalue weighted by Gasteiger charge is -2.13. The number of phenols is 1. The number of aromatic hydroxyl groups is 1. The van der Waals surface area contributed by atoms with E-state index in [1.807, 2.05) is 0 Å². The Hall–Kier alpha value is -3.43. The van der Waals surface area contributed by atoms with E-state index in [0.717, 1.165) is 18.4 Å². The Balaban J connectivity index is 0.000000314. The van der Waals surface area contributed by atoms with E-state index < -0.39 is 43.0 Å². The van der Waals surface area contributed by atoms with E-state index in [1.165, 1.54) is 25.7 Å². The number of hydrogen-bond acceptors (Lipinski definition) is 10. The Morgan fingerprint density at radius 3 is 2.00 bits per heavy atom. The standard InChI is InChI=1S/C9H10FNO6S.C8H6FNO3.C6H15N/c1-18(15,16)17-3-2-6-4-7(11(13)14)5-8(10)9(6)12;9-7-4-6(10(11)12)3-5-1-2-13-8(5)7;1-4-7(5-2)6-3/h4-5,12H,2-3H2,1H3;3-4H,1-2H2;4-6H2,1-3H3. The third-order valence-electron chi connectivity index (χ3n) is 5.28. The molecule has 0 aliphatic carbocycles. The fourth-order valence-electron chi connectivity index (χ4n) is 3.26. The van der Waals surface area contributed by atoms with Crippen LogP contribution in [0.1, 0.15) is 31.9 Å². The summed E-state index contributed by atoms with van der Waals surface area (Å²) in [5, 5.41) is 30.2. The van der Waals surface area contributed by atoms with Crippen LogP contribution in [0, 0.1) is 31.9 Å². The highest BCUT2D eigenvalue weighted by Gasteiger charge is 2.21. The molecule has 2 aromatic carbocycles. The van der Waals surface area contributed by atoms with Crippen molar-refractivity contribution in [3.05, 3.63) is 67.3 Å². The maximum atomic E-state index is 13.1. The van der Waals surface area contributed by atoms with Crippen LogP contribution in [0.15, 0.2) is 24.3 Å². The van der Waals surface area contributed by atoms with Gasteiger partial charge in [0.1, 0.15) is 0 Å². The van der Waals surface area contributed by atoms with Crippen molar-refractivity contribution >= 4 is 21.5 Å². The molecular weight excluding hydrogens is 532 g/mol. The summed E-state index contributed by atoms with van der Waals surface area (Å²) in [6.07, 6.45) is 1.20. The Morgan fingerprint density at radius 2 is 1.53 bits per heavy atom. The Morgan fingerprint density at radius 1 is 1.00 bits per heavy atom. The first-order chi connectivity index (χ1) is 17.7. The van der Waals surface area contributed by atoms with Crippen LogP contribution in [0.2, 0.25) is 0 Å². The molecule has 38 heavy (non-hydrogen) atoms. The first-order valence-corrected chi connectivity index (χ1v) is 13.4. The second-order valence-corrected chi connectivity index (χ2v) is 9.50. The van der Waals surface area contributed by atoms with Gasteiger partial charge in [0.2, 0.25) is 0 Å². The number of halogens is 2. The third-order valence-corrected chi connectivity index (χ3v) is 5.88. The van der Waals surface area contributed by atoms with Crippen LogP contribution in [0.3, 0.4) is 0 Å². The quantitative estimate of drug-likeness (QED) is 0.268. The van der Waals surface area contributed by atoms with E-state index in [-0.39, 0.29) is 30.0 Å². The van der Waals surface area contributed by atoms with Crippen molar-refractivity contribution in [2.45, 2.75) is 33.6 Å². The molecule has 1 heterocycles. The van der Waals surface area contributed by atoms with E-state index in [2.05, 4.69) is 29.9 Å². The molecule has 3 rings (SSSR count). The van der Waals surface area contributed by atoms with Gasteiger partial charge in [-0.25, -0.2) is 8.78 Å². The summed E-state index contributed by atoms with van der Waals surface area (Å²) < 4.78 is 57.0. The van der Waals surface area contributed by atoms with Crippen LogP contribution in [0.5, 0.6) is 11.5 Å². The van der Waals surface area contributed by atoms with Crippen molar-refractivity contribution in [1.29, 1.82) is 0 Å². The molecule has 0 bridgehead atoms. The SMILES string of the molecule is CCN(CC)CC.CS(=O)(=O)OCCc1cc([N+](=O)[O-])cc(F)c1O.O=[N+]([O-])c1cc(F)c2c(c1)CCO2. The smallest absolute Gasteiger partial charge is 0.272 e. The molecule has 0 atom stereocenters. The van der Waals surface area contributed by atoms with E-state index in [9.17, 15) is 42.5 Å². The third kappa shape index (κ3) is 10.5. The van der Waals surface area contributed by atoms with Gasteiger partial charge in [0.15, 0.2) is 23.1 Å². The number of non-ortho nitro benzene ring substituents is 2. The number of phenolic OH excluding ortho intramolecular Hbond substituents is 1. The van der Waals surface area contributed by atoms with Crippen LogP contribution in [0.25, 0.3) is 0 Å². The highest BCUT2D eigenvalue weighted by Crippen LogP contribution is 2.32. The van der Waals surface area contributed by atoms with Crippen LogP contribution < -0.4 is 4.74 Å². The van der Waals surface area contributed by atoms with Crippen LogP contribution in [0.4, 0.5) is 20.2 Å². The number of nitrogens with zero attached hydrogens (tertiary/aromatic N) is 3. The molecule has 15 heteroatoms. The maximum Gasteiger partial charge on any atom is 0.272 e. The molecule has 1 aliphatic heterocycles. The van der Waals surface area contributed by atoms with Crippen molar-refractivity contribution in [2.75, 3.05) is 39.1 Å². The van der Waals surface area contributed by atoms with E-state index in [0.29, 0.717) is 24.7 Å². The summed E-state index contributed by atoms with van der Waals surface area (Å²) >= 11 is 0. The topological polar surface area (TPSA) is 162 Å². The monoisotopic (exact) mass is 563 g/mol. The average molecular weight is 564 g/mol. The largest absolute Gasteiger partial charge is 0.505 e. The average Bonchev–Trinajstić information content (AvgIpc) is 3.32. The minimum Gasteiger partial charge on any atom is -0.505 e. The zero-order valence-electron chi connectivity index (χ0n) is 21.5. The van der Waals surface area contributed by atoms with Gasteiger partial charge in [-0.2, -0.15) is 8.42 Å². The van der Waals surface area contributed by atoms with Crippen molar-refractivity contribution in [3.63, 3.8) is 0 Å². The summed E-state index contributed by atoms with van der Waals surface area (Å²) in [6.45, 7) is 10.2. The molecular formula is C23H31F2N3O9S. The number of fused-ring (bicyclic) bond motifs is 1. The summed E-state index contributed by atoms with van der Waals surface area (Å²) in [6, 6.07) is 3.77. The van der Waals surface area contributed by atoms with Gasteiger partial charge in [-0.1, -0.05) is 20.8 Å². The molecule has 0 saturated heterocycles. The van der Waals surface area contributed by atoms with Gasteiger partial charge < -0.3 is 14.7 Å². The van der Waals surface area contributed by atoms with Crippen LogP contribution in [-0.2, 0) is 27.1 Å². The first kappa shape index (κ1) is 32.6. The zero-order chi connectivity index (χ0) is 29.0. The summed E-state index contributed by atoms with van der Waals surface area (Å²) in [4.78, 5) is 21.8. The number of ether oxygens (including phenoxy) is 1. The lowest BCUT2D eigenvalue weighted by Crippen LogP contribution is -2.21. The lowest BCUT2D eigenvalue weighted by molar-refractivity contribution is -0.385. The fourth-order valence-corrected chi connectivity index (χ4v) is 3.65. The number of nitro groups is 2. The Kier molecular flexibility index (Phi) is 13.0. The summed E-state index contributed by atoms with van der Waals surface area (Å²) in [7, 11) is -3.65. The normalized spacial score (nSPS) is 12.0. The number of rotatable bonds is 9. The lowest BCUT2D eigenvalue weighted by atomic mass is 10.1. The molecule has 0 saturated carbocycles. The molecule has 2 aromatic rings. The fraction of sp³-hybridized carbons (Fsp3) is 0.478. The second kappa shape index (κ2) is 15.1. The van der Waals surface area contributed by atoms with Gasteiger partial charge in [0.25, 0.3) is 21.5 Å². The van der Waals surface area contributed by atoms with Crippen molar-refractivity contribution in [2.24, 2.45) is 0 Å². The number of hydrogen-bond donors (Lipinski definition) is 1. The van der Waals surface area contributed by atoms with Gasteiger partial charge in [-0.15, -0.1) is 0 Å². The Bertz CT molecular complexity index is 1220. The predicted octanol–water partition coefficient (Wildman–Crippen LogP) is 3.98. The van der Waals surface area contributed by atoms with Crippen molar-refractivity contribution < 1.29 is 41.1 Å². The van der Waals surface area contributed by atoms with Crippen LogP contribution in [-0.4, -0.2) is 67.4 Å². The number of benzene rings is 2. The highest BCUT2D eigenvalue weighted by atomic mass is 32.2. The Labute approximate surface area is 219 Å². The van der Waals surface area contributed by atoms with Gasteiger partial charge in [0, 0.05) is 36.1 Å². The number of nitro benzene ring substituents is 2. The van der Waals surface area contributed by atoms with E-state index in [4.69, 9.17) is 4.74 Å². The summed E-state index contributed by atoms with van der Waals surface area (Å²) in [5.74, 6) is -2.39. The molecule has 0 radical (unpaired) electrons. The van der Waals surface area contributed by atoms with Gasteiger partial charge in [-0.05, 0) is 19.6 Å². The second-order valence-electron chi connectivity index (χ2n) is 7.86. The molecule has 1 N–H and O–H groups in total. The van der Waals surface area contributed by atoms with E-state index >= 15 is 0 Å². The first-order valence-electron chi connectivity index (χ1n) is 11.6. The summed E-state index contributed by atoms with van der Waals surface area (Å²) in [5.41, 5.74) is -0.265.